The van der Waals surface area contributed by atoms with Gasteiger partial charge in [-0.2, -0.15) is 13.2 Å². The molecule has 2 nitrogen and oxygen atoms in total. The first-order chi connectivity index (χ1) is 6.47. The summed E-state index contributed by atoms with van der Waals surface area (Å²) < 4.78 is 47.0. The molecular formula is C8H19F3O2Si2. The quantitative estimate of drug-likeness (QED) is 0.704. The molecule has 0 saturated carbocycles. The SMILES string of the molecule is CO[Si](C)(C)O[Si](C)(C)CCC(F)(F)F. The first-order valence-electron chi connectivity index (χ1n) is 4.79. The third kappa shape index (κ3) is 8.00. The molecule has 15 heavy (non-hydrogen) atoms. The standard InChI is InChI=1S/C8H19F3O2Si2/c1-12-15(4,5)13-14(2,3)7-6-8(9,10)11/h6-7H2,1-5H3. The maximum atomic E-state index is 12.0. The van der Waals surface area contributed by atoms with Crippen LogP contribution in [0.15, 0.2) is 0 Å². The van der Waals surface area contributed by atoms with Gasteiger partial charge >= 0.3 is 14.7 Å². The fourth-order valence-corrected chi connectivity index (χ4v) is 8.15. The van der Waals surface area contributed by atoms with Crippen molar-refractivity contribution in [3.63, 3.8) is 0 Å². The van der Waals surface area contributed by atoms with Crippen molar-refractivity contribution in [2.24, 2.45) is 0 Å². The number of hydrogen-bond donors (Lipinski definition) is 0. The third-order valence-electron chi connectivity index (χ3n) is 2.02. The van der Waals surface area contributed by atoms with E-state index in [0.29, 0.717) is 0 Å². The van der Waals surface area contributed by atoms with Crippen molar-refractivity contribution >= 4 is 16.9 Å². The highest BCUT2D eigenvalue weighted by molar-refractivity contribution is 6.82. The fraction of sp³-hybridized carbons (Fsp3) is 1.00. The molecule has 0 radical (unpaired) electrons. The van der Waals surface area contributed by atoms with Gasteiger partial charge in [-0.25, -0.2) is 0 Å². The summed E-state index contributed by atoms with van der Waals surface area (Å²) >= 11 is 0. The van der Waals surface area contributed by atoms with Crippen molar-refractivity contribution in [1.82, 2.24) is 0 Å². The van der Waals surface area contributed by atoms with E-state index in [-0.39, 0.29) is 6.04 Å². The largest absolute Gasteiger partial charge is 0.436 e. The fourth-order valence-electron chi connectivity index (χ4n) is 1.20. The van der Waals surface area contributed by atoms with E-state index in [1.807, 2.05) is 13.1 Å². The van der Waals surface area contributed by atoms with Gasteiger partial charge in [0.25, 0.3) is 0 Å². The molecule has 0 spiro atoms. The van der Waals surface area contributed by atoms with Gasteiger partial charge in [-0.15, -0.1) is 0 Å². The van der Waals surface area contributed by atoms with Gasteiger partial charge in [0.05, 0.1) is 0 Å². The minimum atomic E-state index is -4.09. The van der Waals surface area contributed by atoms with Crippen LogP contribution in [0.25, 0.3) is 0 Å². The van der Waals surface area contributed by atoms with Crippen LogP contribution in [0.3, 0.4) is 0 Å². The van der Waals surface area contributed by atoms with Gasteiger partial charge in [-0.05, 0) is 32.2 Å². The summed E-state index contributed by atoms with van der Waals surface area (Å²) in [4.78, 5) is 0. The van der Waals surface area contributed by atoms with Crippen LogP contribution < -0.4 is 0 Å². The lowest BCUT2D eigenvalue weighted by molar-refractivity contribution is -0.131. The molecule has 0 aromatic heterocycles. The van der Waals surface area contributed by atoms with Gasteiger partial charge < -0.3 is 8.54 Å². The van der Waals surface area contributed by atoms with Gasteiger partial charge in [0.1, 0.15) is 0 Å². The zero-order valence-electron chi connectivity index (χ0n) is 9.86. The van der Waals surface area contributed by atoms with E-state index in [9.17, 15) is 13.2 Å². The minimum Gasteiger partial charge on any atom is -0.436 e. The number of rotatable bonds is 5. The second kappa shape index (κ2) is 4.98. The lowest BCUT2D eigenvalue weighted by Gasteiger charge is -2.32. The highest BCUT2D eigenvalue weighted by atomic mass is 28.4. The molecule has 0 aliphatic heterocycles. The van der Waals surface area contributed by atoms with E-state index < -0.39 is 29.5 Å². The molecule has 0 aliphatic carbocycles. The summed E-state index contributed by atoms with van der Waals surface area (Å²) in [6.45, 7) is 7.28. The monoisotopic (exact) mass is 260 g/mol. The van der Waals surface area contributed by atoms with E-state index in [1.54, 1.807) is 20.2 Å². The summed E-state index contributed by atoms with van der Waals surface area (Å²) in [6.07, 6.45) is -4.85. The Kier molecular flexibility index (Phi) is 5.03. The molecule has 0 unspecified atom stereocenters. The van der Waals surface area contributed by atoms with Gasteiger partial charge in [0.2, 0.25) is 0 Å². The molecule has 0 fully saturated rings. The highest BCUT2D eigenvalue weighted by Crippen LogP contribution is 2.28. The Bertz CT molecular complexity index is 205. The van der Waals surface area contributed by atoms with Crippen molar-refractivity contribution in [3.05, 3.63) is 0 Å². The zero-order valence-corrected chi connectivity index (χ0v) is 11.9. The van der Waals surface area contributed by atoms with Gasteiger partial charge in [-0.1, -0.05) is 0 Å². The van der Waals surface area contributed by atoms with Crippen molar-refractivity contribution in [3.8, 4) is 0 Å². The Morgan fingerprint density at radius 3 is 1.87 bits per heavy atom. The Balaban J connectivity index is 4.19. The molecule has 0 aromatic rings. The van der Waals surface area contributed by atoms with Gasteiger partial charge in [-0.3, -0.25) is 0 Å². The molecule has 0 bridgehead atoms. The van der Waals surface area contributed by atoms with Crippen molar-refractivity contribution < 1.29 is 21.7 Å². The minimum absolute atomic E-state index is 0.0935. The summed E-state index contributed by atoms with van der Waals surface area (Å²) in [5.41, 5.74) is 0. The van der Waals surface area contributed by atoms with Gasteiger partial charge in [0.15, 0.2) is 8.32 Å². The van der Waals surface area contributed by atoms with E-state index in [2.05, 4.69) is 0 Å². The summed E-state index contributed by atoms with van der Waals surface area (Å²) in [6, 6.07) is 0.0935. The molecule has 0 N–H and O–H groups in total. The molecule has 0 rings (SSSR count). The first-order valence-corrected chi connectivity index (χ1v) is 10.7. The normalized spacial score (nSPS) is 14.4. The lowest BCUT2D eigenvalue weighted by Crippen LogP contribution is -2.46. The molecule has 7 heteroatoms. The summed E-state index contributed by atoms with van der Waals surface area (Å²) in [5.74, 6) is 0. The van der Waals surface area contributed by atoms with Crippen LogP contribution in [0.4, 0.5) is 13.2 Å². The first kappa shape index (κ1) is 15.1. The highest BCUT2D eigenvalue weighted by Gasteiger charge is 2.37. The lowest BCUT2D eigenvalue weighted by atomic mass is 10.5. The second-order valence-corrected chi connectivity index (χ2v) is 12.6. The molecule has 0 saturated heterocycles. The van der Waals surface area contributed by atoms with E-state index in [0.717, 1.165) is 0 Å². The average Bonchev–Trinajstić information content (AvgIpc) is 1.98. The summed E-state index contributed by atoms with van der Waals surface area (Å²) in [5, 5.41) is 0. The van der Waals surface area contributed by atoms with E-state index in [1.165, 1.54) is 0 Å². The maximum absolute atomic E-state index is 12.0. The topological polar surface area (TPSA) is 18.5 Å². The maximum Gasteiger partial charge on any atom is 0.388 e. The average molecular weight is 260 g/mol. The van der Waals surface area contributed by atoms with Crippen LogP contribution in [0.1, 0.15) is 6.42 Å². The van der Waals surface area contributed by atoms with Crippen molar-refractivity contribution in [2.75, 3.05) is 7.11 Å². The molecule has 92 valence electrons. The van der Waals surface area contributed by atoms with E-state index >= 15 is 0 Å². The van der Waals surface area contributed by atoms with Crippen LogP contribution in [0.2, 0.25) is 32.2 Å². The number of hydrogen-bond acceptors (Lipinski definition) is 2. The Morgan fingerprint density at radius 1 is 1.07 bits per heavy atom. The molecule has 0 aliphatic rings. The molecule has 0 amide bonds. The van der Waals surface area contributed by atoms with E-state index in [4.69, 9.17) is 8.54 Å². The van der Waals surface area contributed by atoms with Crippen molar-refractivity contribution in [2.45, 2.75) is 44.8 Å². The Hall–Kier alpha value is 0.144. The van der Waals surface area contributed by atoms with Crippen LogP contribution in [0.5, 0.6) is 0 Å². The van der Waals surface area contributed by atoms with Crippen LogP contribution in [-0.2, 0) is 8.54 Å². The van der Waals surface area contributed by atoms with Crippen molar-refractivity contribution in [1.29, 1.82) is 0 Å². The molecule has 0 atom stereocenters. The second-order valence-electron chi connectivity index (χ2n) is 4.58. The summed E-state index contributed by atoms with van der Waals surface area (Å²) in [7, 11) is -2.93. The smallest absolute Gasteiger partial charge is 0.388 e. The Morgan fingerprint density at radius 2 is 1.53 bits per heavy atom. The molecule has 0 aromatic carbocycles. The van der Waals surface area contributed by atoms with Crippen LogP contribution in [-0.4, -0.2) is 30.2 Å². The number of halogens is 3. The molecular weight excluding hydrogens is 241 g/mol. The predicted octanol–water partition coefficient (Wildman–Crippen LogP) is 3.51. The van der Waals surface area contributed by atoms with Crippen LogP contribution in [0, 0.1) is 0 Å². The number of alkyl halides is 3. The molecule has 0 heterocycles. The predicted molar refractivity (Wildman–Crippen MR) is 58.5 cm³/mol. The van der Waals surface area contributed by atoms with Crippen LogP contribution >= 0.6 is 0 Å². The zero-order chi connectivity index (χ0) is 12.3. The van der Waals surface area contributed by atoms with Gasteiger partial charge in [0, 0.05) is 13.5 Å². The Labute approximate surface area is 91.1 Å². The third-order valence-corrected chi connectivity index (χ3v) is 8.64.